The van der Waals surface area contributed by atoms with E-state index in [2.05, 4.69) is 28.8 Å². The summed E-state index contributed by atoms with van der Waals surface area (Å²) in [6, 6.07) is 37.9. The van der Waals surface area contributed by atoms with Crippen LogP contribution in [0.4, 0.5) is 0 Å². The summed E-state index contributed by atoms with van der Waals surface area (Å²) in [5, 5.41) is 3.74. The smallest absolute Gasteiger partial charge is 0.238 e. The molecule has 0 amide bonds. The van der Waals surface area contributed by atoms with E-state index in [1.807, 2.05) is 91.0 Å². The molecule has 0 fully saturated rings. The maximum atomic E-state index is 6.58. The highest BCUT2D eigenvalue weighted by molar-refractivity contribution is 6.69. The average molecular weight is 614 g/mol. The van der Waals surface area contributed by atoms with Gasteiger partial charge in [0.2, 0.25) is 5.95 Å². The van der Waals surface area contributed by atoms with Gasteiger partial charge in [-0.25, -0.2) is 4.98 Å². The Morgan fingerprint density at radius 2 is 0.959 bits per heavy atom. The molecule has 9 rings (SSSR count). The second-order valence-electron chi connectivity index (χ2n) is 11.9. The van der Waals surface area contributed by atoms with Gasteiger partial charge in [0.05, 0.1) is 11.0 Å². The Balaban J connectivity index is 1.38. The Kier molecular flexibility index (Phi) is 6.70. The van der Waals surface area contributed by atoms with Gasteiger partial charge in [-0.1, -0.05) is 102 Å². The molecule has 0 aliphatic heterocycles. The third-order valence-corrected chi connectivity index (χ3v) is 9.17. The van der Waals surface area contributed by atoms with Gasteiger partial charge in [-0.15, -0.1) is 16.4 Å². The van der Waals surface area contributed by atoms with Crippen LogP contribution in [0.25, 0.3) is 83.6 Å². The summed E-state index contributed by atoms with van der Waals surface area (Å²) in [4.78, 5) is 15.3. The SMILES string of the molecule is [B]c1c([B])c([B])c(-c2cccc3oc4cccc(-c5nc(-c6ccccc6)nc(-n6c7ccccc7c7ccccc76)n5)c4c23)c([B])c1[B]. The summed E-state index contributed by atoms with van der Waals surface area (Å²) in [5.74, 6) is 1.48. The van der Waals surface area contributed by atoms with Gasteiger partial charge >= 0.3 is 0 Å². The number of hydrogen-bond donors (Lipinski definition) is 0. The molecule has 0 spiro atoms. The summed E-state index contributed by atoms with van der Waals surface area (Å²) in [5.41, 5.74) is 6.96. The van der Waals surface area contributed by atoms with Crippen molar-refractivity contribution in [1.29, 1.82) is 0 Å². The molecule has 0 aliphatic rings. The normalized spacial score (nSPS) is 11.7. The van der Waals surface area contributed by atoms with E-state index in [0.29, 0.717) is 39.9 Å². The fourth-order valence-electron chi connectivity index (χ4n) is 6.84. The number of hydrogen-bond acceptors (Lipinski definition) is 4. The third-order valence-electron chi connectivity index (χ3n) is 9.17. The molecule has 0 aliphatic carbocycles. The van der Waals surface area contributed by atoms with E-state index in [0.717, 1.165) is 43.7 Å². The number of rotatable bonds is 4. The van der Waals surface area contributed by atoms with Crippen molar-refractivity contribution in [3.8, 4) is 39.9 Å². The molecule has 0 N–H and O–H groups in total. The summed E-state index contributed by atoms with van der Waals surface area (Å²) in [6.45, 7) is 0. The number of benzene rings is 6. The summed E-state index contributed by atoms with van der Waals surface area (Å²) in [6.07, 6.45) is 0. The second-order valence-corrected chi connectivity index (χ2v) is 11.9. The van der Waals surface area contributed by atoms with Gasteiger partial charge in [0, 0.05) is 32.7 Å². The Morgan fingerprint density at radius 1 is 0.449 bits per heavy atom. The first-order valence-corrected chi connectivity index (χ1v) is 15.7. The molecule has 0 saturated carbocycles. The van der Waals surface area contributed by atoms with Crippen LogP contribution < -0.4 is 27.3 Å². The summed E-state index contributed by atoms with van der Waals surface area (Å²) < 4.78 is 8.51. The van der Waals surface area contributed by atoms with Gasteiger partial charge < -0.3 is 4.42 Å². The summed E-state index contributed by atoms with van der Waals surface area (Å²) in [7, 11) is 31.9. The molecule has 0 atom stereocenters. The molecular formula is C39H19B5N4O. The Morgan fingerprint density at radius 3 is 1.59 bits per heavy atom. The highest BCUT2D eigenvalue weighted by Gasteiger charge is 2.23. The van der Waals surface area contributed by atoms with Crippen LogP contribution in [0.5, 0.6) is 0 Å². The first-order valence-electron chi connectivity index (χ1n) is 15.7. The van der Waals surface area contributed by atoms with Crippen molar-refractivity contribution in [3.63, 3.8) is 0 Å². The Labute approximate surface area is 288 Å². The van der Waals surface area contributed by atoms with Crippen molar-refractivity contribution in [1.82, 2.24) is 19.5 Å². The van der Waals surface area contributed by atoms with E-state index in [1.54, 1.807) is 0 Å². The average Bonchev–Trinajstić information content (AvgIpc) is 3.70. The molecule has 0 unspecified atom stereocenters. The molecule has 3 heterocycles. The van der Waals surface area contributed by atoms with E-state index >= 15 is 0 Å². The largest absolute Gasteiger partial charge is 0.456 e. The summed E-state index contributed by atoms with van der Waals surface area (Å²) >= 11 is 0. The first-order chi connectivity index (χ1) is 23.9. The van der Waals surface area contributed by atoms with Crippen LogP contribution in [0, 0.1) is 0 Å². The van der Waals surface area contributed by atoms with Crippen LogP contribution in [-0.2, 0) is 0 Å². The predicted octanol–water partition coefficient (Wildman–Crippen LogP) is 3.84. The van der Waals surface area contributed by atoms with Gasteiger partial charge in [0.1, 0.15) is 50.4 Å². The highest BCUT2D eigenvalue weighted by atomic mass is 16.3. The second kappa shape index (κ2) is 11.2. The zero-order chi connectivity index (χ0) is 33.4. The molecule has 10 radical (unpaired) electrons. The van der Waals surface area contributed by atoms with Crippen molar-refractivity contribution >= 4 is 110 Å². The first kappa shape index (κ1) is 29.4. The maximum Gasteiger partial charge on any atom is 0.238 e. The lowest BCUT2D eigenvalue weighted by Crippen LogP contribution is -2.55. The van der Waals surface area contributed by atoms with E-state index in [-0.39, 0.29) is 27.3 Å². The van der Waals surface area contributed by atoms with Gasteiger partial charge in [-0.2, -0.15) is 9.97 Å². The lowest BCUT2D eigenvalue weighted by molar-refractivity contribution is 0.669. The van der Waals surface area contributed by atoms with Gasteiger partial charge in [-0.05, 0) is 35.4 Å². The third kappa shape index (κ3) is 4.43. The minimum Gasteiger partial charge on any atom is -0.456 e. The molecule has 6 aromatic carbocycles. The van der Waals surface area contributed by atoms with Crippen LogP contribution in [0.3, 0.4) is 0 Å². The molecule has 10 heteroatoms. The molecule has 0 bridgehead atoms. The molecule has 3 aromatic heterocycles. The number of fused-ring (bicyclic) bond motifs is 6. The van der Waals surface area contributed by atoms with E-state index in [9.17, 15) is 0 Å². The Hall–Kier alpha value is -5.75. The van der Waals surface area contributed by atoms with E-state index in [4.69, 9.17) is 58.6 Å². The maximum absolute atomic E-state index is 6.58. The van der Waals surface area contributed by atoms with Crippen LogP contribution in [-0.4, -0.2) is 58.8 Å². The van der Waals surface area contributed by atoms with Gasteiger partial charge in [-0.3, -0.25) is 4.57 Å². The monoisotopic (exact) mass is 614 g/mol. The number of aromatic nitrogens is 4. The fourth-order valence-corrected chi connectivity index (χ4v) is 6.84. The lowest BCUT2D eigenvalue weighted by atomic mass is 9.59. The standard InChI is InChI=1S/C39H19B5N4O/c40-32-31(33(41)35(43)36(44)34(32)42)23-14-8-18-27-29(23)30-24(15-9-19-28(30)49-27)38-45-37(20-10-2-1-3-11-20)46-39(47-38)48-25-16-6-4-12-21(25)22-13-5-7-17-26(22)48/h1-19H. The van der Waals surface area contributed by atoms with Crippen molar-refractivity contribution in [2.24, 2.45) is 0 Å². The predicted molar refractivity (Wildman–Crippen MR) is 205 cm³/mol. The topological polar surface area (TPSA) is 56.7 Å². The van der Waals surface area contributed by atoms with Crippen LogP contribution in [0.1, 0.15) is 0 Å². The van der Waals surface area contributed by atoms with Crippen LogP contribution in [0.2, 0.25) is 0 Å². The zero-order valence-corrected chi connectivity index (χ0v) is 26.1. The van der Waals surface area contributed by atoms with Crippen LogP contribution >= 0.6 is 0 Å². The van der Waals surface area contributed by atoms with E-state index < -0.39 is 0 Å². The highest BCUT2D eigenvalue weighted by Crippen LogP contribution is 2.40. The number of furan rings is 1. The number of nitrogens with zero attached hydrogens (tertiary/aromatic N) is 4. The van der Waals surface area contributed by atoms with Crippen molar-refractivity contribution in [2.45, 2.75) is 0 Å². The molecule has 0 saturated heterocycles. The van der Waals surface area contributed by atoms with E-state index in [1.165, 1.54) is 0 Å². The van der Waals surface area contributed by atoms with Gasteiger partial charge in [0.25, 0.3) is 0 Å². The zero-order valence-electron chi connectivity index (χ0n) is 26.1. The van der Waals surface area contributed by atoms with Gasteiger partial charge in [0.15, 0.2) is 11.6 Å². The fraction of sp³-hybridized carbons (Fsp3) is 0. The van der Waals surface area contributed by atoms with Crippen molar-refractivity contribution in [2.75, 3.05) is 0 Å². The van der Waals surface area contributed by atoms with Crippen molar-refractivity contribution < 1.29 is 4.42 Å². The van der Waals surface area contributed by atoms with Crippen molar-refractivity contribution in [3.05, 3.63) is 115 Å². The van der Waals surface area contributed by atoms with Crippen LogP contribution in [0.15, 0.2) is 120 Å². The molecule has 216 valence electrons. The lowest BCUT2D eigenvalue weighted by Gasteiger charge is -2.21. The molecule has 49 heavy (non-hydrogen) atoms. The number of para-hydroxylation sites is 2. The Bertz CT molecular complexity index is 2710. The molecular weight excluding hydrogens is 595 g/mol. The molecule has 9 aromatic rings. The minimum atomic E-state index is 0.153. The quantitative estimate of drug-likeness (QED) is 0.283. The minimum absolute atomic E-state index is 0.153. The molecule has 5 nitrogen and oxygen atoms in total.